The molecule has 0 heterocycles. The van der Waals surface area contributed by atoms with E-state index in [9.17, 15) is 14.9 Å². The van der Waals surface area contributed by atoms with E-state index in [1.165, 1.54) is 18.2 Å². The van der Waals surface area contributed by atoms with Crippen molar-refractivity contribution in [1.29, 1.82) is 0 Å². The molecule has 1 aromatic carbocycles. The van der Waals surface area contributed by atoms with Gasteiger partial charge in [-0.25, -0.2) is 0 Å². The molecule has 16 heavy (non-hydrogen) atoms. The summed E-state index contributed by atoms with van der Waals surface area (Å²) >= 11 is 0. The molecule has 0 saturated carbocycles. The highest BCUT2D eigenvalue weighted by atomic mass is 16.6. The second-order valence-electron chi connectivity index (χ2n) is 3.98. The molecule has 0 atom stereocenters. The number of hydrogen-bond acceptors (Lipinski definition) is 4. The Bertz CT molecular complexity index is 424. The van der Waals surface area contributed by atoms with E-state index in [4.69, 9.17) is 5.73 Å². The molecule has 0 radical (unpaired) electrons. The van der Waals surface area contributed by atoms with Gasteiger partial charge in [-0.1, -0.05) is 6.07 Å². The first-order valence-corrected chi connectivity index (χ1v) is 4.65. The standard InChI is InChI=1S/C10H13N3O3/c1-10(2,11)9(14)12-7-4-3-5-8(6-7)13(15)16/h3-6H,11H2,1-2H3,(H,12,14). The zero-order valence-corrected chi connectivity index (χ0v) is 9.06. The summed E-state index contributed by atoms with van der Waals surface area (Å²) in [5, 5.41) is 13.0. The lowest BCUT2D eigenvalue weighted by atomic mass is 10.1. The summed E-state index contributed by atoms with van der Waals surface area (Å²) < 4.78 is 0. The van der Waals surface area contributed by atoms with Crippen molar-refractivity contribution in [2.45, 2.75) is 19.4 Å². The number of benzene rings is 1. The van der Waals surface area contributed by atoms with Crippen LogP contribution in [-0.4, -0.2) is 16.4 Å². The molecule has 1 rings (SSSR count). The fourth-order valence-electron chi connectivity index (χ4n) is 0.989. The van der Waals surface area contributed by atoms with E-state index in [0.717, 1.165) is 0 Å². The van der Waals surface area contributed by atoms with Crippen LogP contribution >= 0.6 is 0 Å². The average Bonchev–Trinajstić information content (AvgIpc) is 2.16. The number of nitrogens with one attached hydrogen (secondary N) is 1. The van der Waals surface area contributed by atoms with Gasteiger partial charge in [0.1, 0.15) is 0 Å². The molecule has 0 unspecified atom stereocenters. The third-order valence-corrected chi connectivity index (χ3v) is 1.90. The Hall–Kier alpha value is -1.95. The molecule has 0 aromatic heterocycles. The molecular formula is C10H13N3O3. The summed E-state index contributed by atoms with van der Waals surface area (Å²) in [5.74, 6) is -0.395. The topological polar surface area (TPSA) is 98.3 Å². The van der Waals surface area contributed by atoms with Crippen LogP contribution in [0.5, 0.6) is 0 Å². The normalized spacial score (nSPS) is 10.9. The zero-order valence-electron chi connectivity index (χ0n) is 9.06. The molecule has 0 aliphatic heterocycles. The Balaban J connectivity index is 2.87. The van der Waals surface area contributed by atoms with Crippen molar-refractivity contribution in [1.82, 2.24) is 0 Å². The van der Waals surface area contributed by atoms with Crippen molar-refractivity contribution in [2.75, 3.05) is 5.32 Å². The quantitative estimate of drug-likeness (QED) is 0.595. The van der Waals surface area contributed by atoms with Gasteiger partial charge in [0.2, 0.25) is 5.91 Å². The summed E-state index contributed by atoms with van der Waals surface area (Å²) in [6.07, 6.45) is 0. The minimum atomic E-state index is -1.02. The van der Waals surface area contributed by atoms with E-state index >= 15 is 0 Å². The molecule has 0 fully saturated rings. The highest BCUT2D eigenvalue weighted by Gasteiger charge is 2.22. The van der Waals surface area contributed by atoms with Crippen molar-refractivity contribution in [2.24, 2.45) is 5.73 Å². The molecule has 1 aromatic rings. The lowest BCUT2D eigenvalue weighted by Crippen LogP contribution is -2.45. The number of carbonyl (C=O) groups excluding carboxylic acids is 1. The second-order valence-corrected chi connectivity index (χ2v) is 3.98. The van der Waals surface area contributed by atoms with Crippen LogP contribution in [0, 0.1) is 10.1 Å². The van der Waals surface area contributed by atoms with Crippen LogP contribution in [0.25, 0.3) is 0 Å². The van der Waals surface area contributed by atoms with Gasteiger partial charge >= 0.3 is 0 Å². The fraction of sp³-hybridized carbons (Fsp3) is 0.300. The average molecular weight is 223 g/mol. The van der Waals surface area contributed by atoms with Gasteiger partial charge in [0.15, 0.2) is 0 Å². The Kier molecular flexibility index (Phi) is 3.24. The molecular weight excluding hydrogens is 210 g/mol. The molecule has 6 heteroatoms. The summed E-state index contributed by atoms with van der Waals surface area (Å²) in [5.41, 5.74) is 4.84. The number of carbonyl (C=O) groups is 1. The molecule has 86 valence electrons. The zero-order chi connectivity index (χ0) is 12.3. The Morgan fingerprint density at radius 3 is 2.62 bits per heavy atom. The fourth-order valence-corrected chi connectivity index (χ4v) is 0.989. The maximum atomic E-state index is 11.5. The van der Waals surface area contributed by atoms with Crippen LogP contribution < -0.4 is 11.1 Å². The highest BCUT2D eigenvalue weighted by Crippen LogP contribution is 2.17. The molecule has 1 amide bonds. The SMILES string of the molecule is CC(C)(N)C(=O)Nc1cccc([N+](=O)[O-])c1. The van der Waals surface area contributed by atoms with Crippen LogP contribution in [0.2, 0.25) is 0 Å². The third kappa shape index (κ3) is 3.03. The number of anilines is 1. The summed E-state index contributed by atoms with van der Waals surface area (Å²) in [7, 11) is 0. The van der Waals surface area contributed by atoms with E-state index in [-0.39, 0.29) is 5.69 Å². The molecule has 0 saturated heterocycles. The first-order valence-electron chi connectivity index (χ1n) is 4.65. The van der Waals surface area contributed by atoms with E-state index < -0.39 is 16.4 Å². The van der Waals surface area contributed by atoms with Crippen molar-refractivity contribution in [3.05, 3.63) is 34.4 Å². The smallest absolute Gasteiger partial charge is 0.271 e. The number of non-ortho nitro benzene ring substituents is 1. The van der Waals surface area contributed by atoms with Crippen molar-refractivity contribution >= 4 is 17.3 Å². The number of nitro benzene ring substituents is 1. The second kappa shape index (κ2) is 4.28. The van der Waals surface area contributed by atoms with Gasteiger partial charge in [0.25, 0.3) is 5.69 Å². The number of nitrogens with zero attached hydrogens (tertiary/aromatic N) is 1. The lowest BCUT2D eigenvalue weighted by Gasteiger charge is -2.17. The Labute approximate surface area is 92.6 Å². The van der Waals surface area contributed by atoms with Crippen molar-refractivity contribution < 1.29 is 9.72 Å². The minimum absolute atomic E-state index is 0.0763. The monoisotopic (exact) mass is 223 g/mol. The Morgan fingerprint density at radius 1 is 1.50 bits per heavy atom. The van der Waals surface area contributed by atoms with Gasteiger partial charge in [0.05, 0.1) is 10.5 Å². The molecule has 0 bridgehead atoms. The van der Waals surface area contributed by atoms with E-state index in [2.05, 4.69) is 5.32 Å². The van der Waals surface area contributed by atoms with Crippen LogP contribution in [-0.2, 0) is 4.79 Å². The first kappa shape index (κ1) is 12.1. The number of rotatable bonds is 3. The lowest BCUT2D eigenvalue weighted by molar-refractivity contribution is -0.384. The predicted molar refractivity (Wildman–Crippen MR) is 60.0 cm³/mol. The number of nitrogens with two attached hydrogens (primary N) is 1. The molecule has 0 spiro atoms. The molecule has 6 nitrogen and oxygen atoms in total. The summed E-state index contributed by atoms with van der Waals surface area (Å²) in [6, 6.07) is 5.70. The van der Waals surface area contributed by atoms with Gasteiger partial charge in [0, 0.05) is 17.8 Å². The number of amides is 1. The maximum Gasteiger partial charge on any atom is 0.271 e. The van der Waals surface area contributed by atoms with Gasteiger partial charge < -0.3 is 11.1 Å². The van der Waals surface area contributed by atoms with Crippen molar-refractivity contribution in [3.8, 4) is 0 Å². The van der Waals surface area contributed by atoms with Gasteiger partial charge in [-0.3, -0.25) is 14.9 Å². The van der Waals surface area contributed by atoms with E-state index in [1.54, 1.807) is 19.9 Å². The van der Waals surface area contributed by atoms with Gasteiger partial charge in [-0.15, -0.1) is 0 Å². The van der Waals surface area contributed by atoms with E-state index in [1.807, 2.05) is 0 Å². The molecule has 0 aliphatic rings. The van der Waals surface area contributed by atoms with Crippen LogP contribution in [0.4, 0.5) is 11.4 Å². The summed E-state index contributed by atoms with van der Waals surface area (Å²) in [4.78, 5) is 21.5. The highest BCUT2D eigenvalue weighted by molar-refractivity contribution is 5.97. The van der Waals surface area contributed by atoms with Gasteiger partial charge in [-0.2, -0.15) is 0 Å². The maximum absolute atomic E-state index is 11.5. The number of hydrogen-bond donors (Lipinski definition) is 2. The first-order chi connectivity index (χ1) is 7.30. The van der Waals surface area contributed by atoms with Crippen molar-refractivity contribution in [3.63, 3.8) is 0 Å². The largest absolute Gasteiger partial charge is 0.324 e. The van der Waals surface area contributed by atoms with Crippen LogP contribution in [0.15, 0.2) is 24.3 Å². The molecule has 3 N–H and O–H groups in total. The third-order valence-electron chi connectivity index (χ3n) is 1.90. The predicted octanol–water partition coefficient (Wildman–Crippen LogP) is 1.27. The Morgan fingerprint density at radius 2 is 2.12 bits per heavy atom. The van der Waals surface area contributed by atoms with E-state index in [0.29, 0.717) is 5.69 Å². The van der Waals surface area contributed by atoms with Gasteiger partial charge in [-0.05, 0) is 19.9 Å². The number of nitro groups is 1. The summed E-state index contributed by atoms with van der Waals surface area (Å²) in [6.45, 7) is 3.11. The minimum Gasteiger partial charge on any atom is -0.324 e. The van der Waals surface area contributed by atoms with Crippen LogP contribution in [0.3, 0.4) is 0 Å². The molecule has 0 aliphatic carbocycles. The van der Waals surface area contributed by atoms with Crippen LogP contribution in [0.1, 0.15) is 13.8 Å².